The summed E-state index contributed by atoms with van der Waals surface area (Å²) in [4.78, 5) is 25.6. The summed E-state index contributed by atoms with van der Waals surface area (Å²) in [5.41, 5.74) is 0. The van der Waals surface area contributed by atoms with Crippen molar-refractivity contribution in [1.82, 2.24) is 0 Å². The average Bonchev–Trinajstić information content (AvgIpc) is 3.31. The van der Waals surface area contributed by atoms with Crippen LogP contribution in [0.2, 0.25) is 0 Å². The largest absolute Gasteiger partial charge is 0.462 e. The summed E-state index contributed by atoms with van der Waals surface area (Å²) < 4.78 is 54.4. The molecule has 1 aliphatic rings. The summed E-state index contributed by atoms with van der Waals surface area (Å²) in [6.45, 7) is 3.81. The van der Waals surface area contributed by atoms with Crippen molar-refractivity contribution >= 4 is 22.1 Å². The van der Waals surface area contributed by atoms with Gasteiger partial charge in [-0.3, -0.25) is 14.1 Å². The van der Waals surface area contributed by atoms with Crippen molar-refractivity contribution in [3.05, 3.63) is 12.2 Å². The van der Waals surface area contributed by atoms with Crippen LogP contribution < -0.4 is 0 Å². The van der Waals surface area contributed by atoms with Gasteiger partial charge in [0.25, 0.3) is 10.1 Å². The molecule has 0 saturated carbocycles. The van der Waals surface area contributed by atoms with Crippen molar-refractivity contribution in [3.8, 4) is 0 Å². The Balaban J connectivity index is 2.29. The molecular formula is C55H104O12S. The zero-order chi connectivity index (χ0) is 49.8. The van der Waals surface area contributed by atoms with Crippen molar-refractivity contribution < 1.29 is 56.8 Å². The van der Waals surface area contributed by atoms with E-state index in [-0.39, 0.29) is 19.4 Å². The summed E-state index contributed by atoms with van der Waals surface area (Å²) >= 11 is 0. The molecule has 4 N–H and O–H groups in total. The van der Waals surface area contributed by atoms with Gasteiger partial charge in [-0.05, 0) is 38.5 Å². The number of carbonyl (C=O) groups is 2. The highest BCUT2D eigenvalue weighted by molar-refractivity contribution is 7.85. The molecule has 6 atom stereocenters. The molecule has 1 saturated heterocycles. The van der Waals surface area contributed by atoms with Gasteiger partial charge in [-0.15, -0.1) is 0 Å². The number of hydrogen-bond donors (Lipinski definition) is 4. The van der Waals surface area contributed by atoms with E-state index in [0.29, 0.717) is 12.8 Å². The quantitative estimate of drug-likeness (QED) is 0.0196. The highest BCUT2D eigenvalue weighted by Crippen LogP contribution is 2.24. The Bertz CT molecular complexity index is 1300. The minimum atomic E-state index is -4.60. The second kappa shape index (κ2) is 45.3. The first-order chi connectivity index (χ1) is 33.0. The fourth-order valence-electron chi connectivity index (χ4n) is 8.97. The molecule has 0 aromatic heterocycles. The monoisotopic (exact) mass is 989 g/mol. The first-order valence-corrected chi connectivity index (χ1v) is 29.9. The molecule has 0 bridgehead atoms. The standard InChI is InChI=1S/C55H104O12S/c1-3-5-7-9-11-13-15-17-19-21-22-23-24-25-26-28-29-31-33-35-37-39-41-43-50(56)64-45-48(46-65-55-54(60)53(59)52(58)49(67-55)47-68(61,62)63)66-51(57)44-42-40-38-36-34-32-30-27-20-18-16-14-12-10-8-6-4-2/h14,16,48-49,52-55,58-60H,3-13,15,17-47H2,1-2H3,(H,61,62,63)/b16-14+/t48-,49-,52-,53?,54?,55+/m1/s1. The third kappa shape index (κ3) is 39.1. The maximum absolute atomic E-state index is 12.9. The van der Waals surface area contributed by atoms with Gasteiger partial charge in [-0.2, -0.15) is 8.42 Å². The van der Waals surface area contributed by atoms with E-state index < -0.39 is 71.2 Å². The van der Waals surface area contributed by atoms with Crippen LogP contribution in [0, 0.1) is 0 Å². The van der Waals surface area contributed by atoms with E-state index in [4.69, 9.17) is 18.9 Å². The molecule has 12 nitrogen and oxygen atoms in total. The number of allylic oxidation sites excluding steroid dienone is 2. The van der Waals surface area contributed by atoms with E-state index in [1.807, 2.05) is 0 Å². The lowest BCUT2D eigenvalue weighted by Gasteiger charge is -2.40. The minimum Gasteiger partial charge on any atom is -0.462 e. The molecule has 0 aliphatic carbocycles. The van der Waals surface area contributed by atoms with Crippen molar-refractivity contribution in [1.29, 1.82) is 0 Å². The van der Waals surface area contributed by atoms with Gasteiger partial charge in [0.05, 0.1) is 6.61 Å². The Labute approximate surface area is 416 Å². The lowest BCUT2D eigenvalue weighted by molar-refractivity contribution is -0.297. The van der Waals surface area contributed by atoms with Crippen molar-refractivity contribution in [2.24, 2.45) is 0 Å². The average molecular weight is 989 g/mol. The van der Waals surface area contributed by atoms with E-state index in [2.05, 4.69) is 26.0 Å². The SMILES string of the molecule is CCCCCC/C=C/CCCCCCCCCCCC(=O)O[C@H](COC(=O)CCCCCCCCCCCCCCCCCCCCCCCCC)CO[C@H]1O[C@H](CS(=O)(=O)O)[C@@H](O)C(O)C1O. The third-order valence-corrected chi connectivity index (χ3v) is 14.1. The molecule has 0 amide bonds. The molecule has 0 aromatic carbocycles. The minimum absolute atomic E-state index is 0.167. The topological polar surface area (TPSA) is 186 Å². The van der Waals surface area contributed by atoms with E-state index in [9.17, 15) is 37.9 Å². The molecule has 13 heteroatoms. The molecule has 1 fully saturated rings. The Kier molecular flexibility index (Phi) is 42.9. The third-order valence-electron chi connectivity index (χ3n) is 13.3. The predicted molar refractivity (Wildman–Crippen MR) is 275 cm³/mol. The zero-order valence-electron chi connectivity index (χ0n) is 43.5. The molecule has 0 spiro atoms. The summed E-state index contributed by atoms with van der Waals surface area (Å²) in [6, 6.07) is 0. The molecule has 0 radical (unpaired) electrons. The fraction of sp³-hybridized carbons (Fsp3) is 0.927. The van der Waals surface area contributed by atoms with Crippen LogP contribution in [0.25, 0.3) is 0 Å². The number of rotatable bonds is 49. The number of ether oxygens (including phenoxy) is 4. The van der Waals surface area contributed by atoms with Crippen molar-refractivity contribution in [2.45, 2.75) is 307 Å². The maximum Gasteiger partial charge on any atom is 0.306 e. The molecular weight excluding hydrogens is 885 g/mol. The van der Waals surface area contributed by atoms with Crippen LogP contribution >= 0.6 is 0 Å². The zero-order valence-corrected chi connectivity index (χ0v) is 44.3. The van der Waals surface area contributed by atoms with Crippen LogP contribution in [-0.2, 0) is 38.7 Å². The first-order valence-electron chi connectivity index (χ1n) is 28.2. The predicted octanol–water partition coefficient (Wildman–Crippen LogP) is 13.4. The number of hydrogen-bond acceptors (Lipinski definition) is 11. The fourth-order valence-corrected chi connectivity index (χ4v) is 9.66. The molecule has 1 heterocycles. The van der Waals surface area contributed by atoms with Crippen LogP contribution in [0.15, 0.2) is 12.2 Å². The van der Waals surface area contributed by atoms with Crippen LogP contribution in [0.3, 0.4) is 0 Å². The van der Waals surface area contributed by atoms with Gasteiger partial charge in [0, 0.05) is 12.8 Å². The molecule has 402 valence electrons. The van der Waals surface area contributed by atoms with E-state index >= 15 is 0 Å². The number of unbranched alkanes of at least 4 members (excludes halogenated alkanes) is 35. The highest BCUT2D eigenvalue weighted by Gasteiger charge is 2.46. The second-order valence-electron chi connectivity index (χ2n) is 20.0. The molecule has 68 heavy (non-hydrogen) atoms. The smallest absolute Gasteiger partial charge is 0.306 e. The van der Waals surface area contributed by atoms with E-state index in [0.717, 1.165) is 38.5 Å². The van der Waals surface area contributed by atoms with Crippen LogP contribution in [-0.4, -0.2) is 96.0 Å². The number of carbonyl (C=O) groups excluding carboxylic acids is 2. The van der Waals surface area contributed by atoms with Gasteiger partial charge in [0.2, 0.25) is 0 Å². The van der Waals surface area contributed by atoms with Crippen LogP contribution in [0.5, 0.6) is 0 Å². The molecule has 1 aliphatic heterocycles. The van der Waals surface area contributed by atoms with Crippen LogP contribution in [0.4, 0.5) is 0 Å². The van der Waals surface area contributed by atoms with Gasteiger partial charge < -0.3 is 34.3 Å². The van der Waals surface area contributed by atoms with Gasteiger partial charge in [-0.1, -0.05) is 231 Å². The van der Waals surface area contributed by atoms with Crippen LogP contribution in [0.1, 0.15) is 271 Å². The normalized spacial score (nSPS) is 19.2. The van der Waals surface area contributed by atoms with E-state index in [1.54, 1.807) is 0 Å². The summed E-state index contributed by atoms with van der Waals surface area (Å²) in [6.07, 6.45) is 42.5. The first kappa shape index (κ1) is 64.4. The Hall–Kier alpha value is -1.61. The lowest BCUT2D eigenvalue weighted by atomic mass is 10.00. The summed E-state index contributed by atoms with van der Waals surface area (Å²) in [7, 11) is -4.60. The summed E-state index contributed by atoms with van der Waals surface area (Å²) in [5, 5.41) is 31.0. The Morgan fingerprint density at radius 1 is 0.485 bits per heavy atom. The van der Waals surface area contributed by atoms with Crippen molar-refractivity contribution in [3.63, 3.8) is 0 Å². The lowest BCUT2D eigenvalue weighted by Crippen LogP contribution is -2.60. The Morgan fingerprint density at radius 3 is 1.24 bits per heavy atom. The van der Waals surface area contributed by atoms with Crippen molar-refractivity contribution in [2.75, 3.05) is 19.0 Å². The molecule has 0 aromatic rings. The number of aliphatic hydroxyl groups is 3. The van der Waals surface area contributed by atoms with Gasteiger partial charge >= 0.3 is 11.9 Å². The summed E-state index contributed by atoms with van der Waals surface area (Å²) in [5.74, 6) is -1.96. The van der Waals surface area contributed by atoms with Gasteiger partial charge in [0.1, 0.15) is 36.8 Å². The number of aliphatic hydroxyl groups excluding tert-OH is 3. The van der Waals surface area contributed by atoms with Gasteiger partial charge in [0.15, 0.2) is 12.4 Å². The maximum atomic E-state index is 12.9. The Morgan fingerprint density at radius 2 is 0.838 bits per heavy atom. The number of esters is 2. The molecule has 2 unspecified atom stereocenters. The second-order valence-corrected chi connectivity index (χ2v) is 21.5. The van der Waals surface area contributed by atoms with Gasteiger partial charge in [-0.25, -0.2) is 0 Å². The molecule has 1 rings (SSSR count). The highest BCUT2D eigenvalue weighted by atomic mass is 32.2. The van der Waals surface area contributed by atoms with E-state index in [1.165, 1.54) is 193 Å².